The SMILES string of the molecule is CCN=CN=CC(O)NC. The molecular formula is C6H13N3O. The van der Waals surface area contributed by atoms with Crippen LogP contribution in [0.4, 0.5) is 0 Å². The Bertz CT molecular complexity index is 122. The lowest BCUT2D eigenvalue weighted by Gasteiger charge is -1.97. The van der Waals surface area contributed by atoms with Gasteiger partial charge in [0.2, 0.25) is 0 Å². The fraction of sp³-hybridized carbons (Fsp3) is 0.667. The Labute approximate surface area is 60.7 Å². The van der Waals surface area contributed by atoms with Gasteiger partial charge in [-0.25, -0.2) is 4.99 Å². The number of nitrogens with zero attached hydrogens (tertiary/aromatic N) is 2. The van der Waals surface area contributed by atoms with Crippen molar-refractivity contribution in [3.8, 4) is 0 Å². The molecule has 1 unspecified atom stereocenters. The molecule has 0 saturated heterocycles. The summed E-state index contributed by atoms with van der Waals surface area (Å²) in [6, 6.07) is 0. The minimum absolute atomic E-state index is 0.677. The van der Waals surface area contributed by atoms with Crippen LogP contribution >= 0.6 is 0 Å². The Morgan fingerprint density at radius 3 is 2.90 bits per heavy atom. The van der Waals surface area contributed by atoms with E-state index in [1.165, 1.54) is 12.6 Å². The number of aliphatic hydroxyl groups is 1. The zero-order valence-corrected chi connectivity index (χ0v) is 6.28. The van der Waals surface area contributed by atoms with Crippen molar-refractivity contribution in [2.45, 2.75) is 13.2 Å². The molecule has 0 spiro atoms. The van der Waals surface area contributed by atoms with Crippen LogP contribution in [0.15, 0.2) is 9.98 Å². The van der Waals surface area contributed by atoms with Gasteiger partial charge in [0, 0.05) is 12.8 Å². The lowest BCUT2D eigenvalue weighted by molar-refractivity contribution is 0.219. The lowest BCUT2D eigenvalue weighted by Crippen LogP contribution is -2.25. The molecule has 0 saturated carbocycles. The fourth-order valence-electron chi connectivity index (χ4n) is 0.323. The topological polar surface area (TPSA) is 57.0 Å². The molecule has 0 aromatic carbocycles. The van der Waals surface area contributed by atoms with E-state index < -0.39 is 6.23 Å². The molecule has 58 valence electrons. The smallest absolute Gasteiger partial charge is 0.141 e. The standard InChI is InChI=1S/C6H13N3O/c1-3-8-5-9-4-6(10)7-2/h4-7,10H,3H2,1-2H3. The van der Waals surface area contributed by atoms with Gasteiger partial charge in [-0.05, 0) is 14.0 Å². The van der Waals surface area contributed by atoms with Crippen molar-refractivity contribution in [2.24, 2.45) is 9.98 Å². The third-order valence-corrected chi connectivity index (χ3v) is 0.854. The van der Waals surface area contributed by atoms with E-state index in [2.05, 4.69) is 15.3 Å². The van der Waals surface area contributed by atoms with Crippen LogP contribution in [0.2, 0.25) is 0 Å². The van der Waals surface area contributed by atoms with Crippen LogP contribution in [0.3, 0.4) is 0 Å². The van der Waals surface area contributed by atoms with Gasteiger partial charge in [0.1, 0.15) is 12.6 Å². The van der Waals surface area contributed by atoms with Gasteiger partial charge in [-0.1, -0.05) is 0 Å². The second-order valence-electron chi connectivity index (χ2n) is 1.65. The highest BCUT2D eigenvalue weighted by Crippen LogP contribution is 1.68. The summed E-state index contributed by atoms with van der Waals surface area (Å²) in [7, 11) is 1.65. The second-order valence-corrected chi connectivity index (χ2v) is 1.65. The van der Waals surface area contributed by atoms with E-state index in [0.29, 0.717) is 6.54 Å². The predicted molar refractivity (Wildman–Crippen MR) is 42.6 cm³/mol. The van der Waals surface area contributed by atoms with Gasteiger partial charge in [-0.3, -0.25) is 10.3 Å². The summed E-state index contributed by atoms with van der Waals surface area (Å²) in [5.74, 6) is 0. The zero-order chi connectivity index (χ0) is 7.82. The molecule has 0 fully saturated rings. The first kappa shape index (κ1) is 9.26. The van der Waals surface area contributed by atoms with E-state index in [0.717, 1.165) is 0 Å². The molecule has 1 atom stereocenters. The highest BCUT2D eigenvalue weighted by atomic mass is 16.3. The highest BCUT2D eigenvalue weighted by Gasteiger charge is 1.88. The van der Waals surface area contributed by atoms with Crippen LogP contribution in [0.25, 0.3) is 0 Å². The van der Waals surface area contributed by atoms with Crippen LogP contribution in [0, 0.1) is 0 Å². The molecule has 0 heterocycles. The summed E-state index contributed by atoms with van der Waals surface area (Å²) in [5.41, 5.74) is 0. The van der Waals surface area contributed by atoms with Crippen LogP contribution in [0.1, 0.15) is 6.92 Å². The molecule has 0 aromatic rings. The minimum Gasteiger partial charge on any atom is -0.373 e. The molecule has 0 aliphatic carbocycles. The van der Waals surface area contributed by atoms with Gasteiger partial charge < -0.3 is 5.11 Å². The first-order valence-corrected chi connectivity index (χ1v) is 3.18. The van der Waals surface area contributed by atoms with Crippen molar-refractivity contribution in [3.05, 3.63) is 0 Å². The molecule has 0 radical (unpaired) electrons. The lowest BCUT2D eigenvalue weighted by atomic mass is 10.6. The molecule has 0 aliphatic heterocycles. The summed E-state index contributed by atoms with van der Waals surface area (Å²) in [6.45, 7) is 2.63. The number of rotatable bonds is 4. The molecular weight excluding hydrogens is 130 g/mol. The number of hydrogen-bond acceptors (Lipinski definition) is 3. The zero-order valence-electron chi connectivity index (χ0n) is 6.28. The molecule has 0 bridgehead atoms. The molecule has 0 rings (SSSR count). The predicted octanol–water partition coefficient (Wildman–Crippen LogP) is -0.357. The van der Waals surface area contributed by atoms with E-state index in [-0.39, 0.29) is 0 Å². The van der Waals surface area contributed by atoms with Crippen molar-refractivity contribution in [1.82, 2.24) is 5.32 Å². The third kappa shape index (κ3) is 5.40. The third-order valence-electron chi connectivity index (χ3n) is 0.854. The normalized spacial score (nSPS) is 15.1. The van der Waals surface area contributed by atoms with Crippen molar-refractivity contribution in [2.75, 3.05) is 13.6 Å². The Balaban J connectivity index is 3.44. The summed E-state index contributed by atoms with van der Waals surface area (Å²) >= 11 is 0. The molecule has 0 amide bonds. The Hall–Kier alpha value is -0.740. The van der Waals surface area contributed by atoms with E-state index in [1.807, 2.05) is 6.92 Å². The van der Waals surface area contributed by atoms with Crippen molar-refractivity contribution in [1.29, 1.82) is 0 Å². The average Bonchev–Trinajstić information content (AvgIpc) is 1.98. The summed E-state index contributed by atoms with van der Waals surface area (Å²) < 4.78 is 0. The number of aliphatic hydroxyl groups excluding tert-OH is 1. The van der Waals surface area contributed by atoms with Gasteiger partial charge in [0.05, 0.1) is 0 Å². The first-order chi connectivity index (χ1) is 4.81. The molecule has 2 N–H and O–H groups in total. The quantitative estimate of drug-likeness (QED) is 0.321. The van der Waals surface area contributed by atoms with Gasteiger partial charge in [0.25, 0.3) is 0 Å². The van der Waals surface area contributed by atoms with Gasteiger partial charge >= 0.3 is 0 Å². The second kappa shape index (κ2) is 6.38. The van der Waals surface area contributed by atoms with E-state index in [4.69, 9.17) is 5.11 Å². The number of hydrogen-bond donors (Lipinski definition) is 2. The first-order valence-electron chi connectivity index (χ1n) is 3.18. The molecule has 4 heteroatoms. The Kier molecular flexibility index (Phi) is 5.91. The van der Waals surface area contributed by atoms with Gasteiger partial charge in [0.15, 0.2) is 0 Å². The van der Waals surface area contributed by atoms with Crippen LogP contribution in [-0.2, 0) is 0 Å². The largest absolute Gasteiger partial charge is 0.373 e. The van der Waals surface area contributed by atoms with Crippen molar-refractivity contribution in [3.63, 3.8) is 0 Å². The highest BCUT2D eigenvalue weighted by molar-refractivity contribution is 5.74. The number of aliphatic imine (C=N–C) groups is 2. The van der Waals surface area contributed by atoms with Crippen LogP contribution in [0.5, 0.6) is 0 Å². The summed E-state index contributed by atoms with van der Waals surface area (Å²) in [6.07, 6.45) is 2.11. The van der Waals surface area contributed by atoms with E-state index in [1.54, 1.807) is 7.05 Å². The van der Waals surface area contributed by atoms with Crippen LogP contribution in [-0.4, -0.2) is 37.5 Å². The summed E-state index contributed by atoms with van der Waals surface area (Å²) in [5, 5.41) is 11.4. The Morgan fingerprint density at radius 1 is 1.70 bits per heavy atom. The van der Waals surface area contributed by atoms with Crippen LogP contribution < -0.4 is 5.32 Å². The maximum Gasteiger partial charge on any atom is 0.141 e. The van der Waals surface area contributed by atoms with Gasteiger partial charge in [-0.15, -0.1) is 0 Å². The maximum atomic E-state index is 8.84. The monoisotopic (exact) mass is 143 g/mol. The fourth-order valence-corrected chi connectivity index (χ4v) is 0.323. The van der Waals surface area contributed by atoms with Gasteiger partial charge in [-0.2, -0.15) is 0 Å². The maximum absolute atomic E-state index is 8.84. The van der Waals surface area contributed by atoms with Crippen molar-refractivity contribution >= 4 is 12.6 Å². The molecule has 10 heavy (non-hydrogen) atoms. The molecule has 0 aromatic heterocycles. The van der Waals surface area contributed by atoms with E-state index >= 15 is 0 Å². The van der Waals surface area contributed by atoms with Crippen molar-refractivity contribution < 1.29 is 5.11 Å². The Morgan fingerprint density at radius 2 is 2.40 bits per heavy atom. The molecule has 0 aliphatic rings. The summed E-state index contributed by atoms with van der Waals surface area (Å²) in [4.78, 5) is 7.52. The minimum atomic E-state index is -0.677. The molecule has 4 nitrogen and oxygen atoms in total. The average molecular weight is 143 g/mol. The number of nitrogens with one attached hydrogen (secondary N) is 1. The van der Waals surface area contributed by atoms with E-state index in [9.17, 15) is 0 Å².